The van der Waals surface area contributed by atoms with E-state index in [0.29, 0.717) is 17.7 Å². The summed E-state index contributed by atoms with van der Waals surface area (Å²) in [6.07, 6.45) is 5.83. The van der Waals surface area contributed by atoms with Crippen molar-refractivity contribution >= 4 is 26.9 Å². The average molecular weight is 333 g/mol. The Morgan fingerprint density at radius 3 is 2.78 bits per heavy atom. The zero-order valence-electron chi connectivity index (χ0n) is 12.6. The van der Waals surface area contributed by atoms with E-state index in [4.69, 9.17) is 0 Å². The van der Waals surface area contributed by atoms with Crippen molar-refractivity contribution in [3.8, 4) is 0 Å². The minimum atomic E-state index is -3.56. The lowest BCUT2D eigenvalue weighted by Gasteiger charge is -2.00. The summed E-state index contributed by atoms with van der Waals surface area (Å²) in [5.74, 6) is -0.487. The molecular formula is C14H15N5O3S. The van der Waals surface area contributed by atoms with E-state index < -0.39 is 15.7 Å². The van der Waals surface area contributed by atoms with Crippen molar-refractivity contribution in [2.75, 3.05) is 11.6 Å². The Balaban J connectivity index is 2.04. The molecule has 0 saturated heterocycles. The van der Waals surface area contributed by atoms with Crippen LogP contribution in [0.2, 0.25) is 0 Å². The number of imidazole rings is 1. The number of nitrogens with one attached hydrogen (secondary N) is 1. The van der Waals surface area contributed by atoms with E-state index in [9.17, 15) is 13.2 Å². The van der Waals surface area contributed by atoms with Crippen LogP contribution in [0, 0.1) is 0 Å². The first-order valence-corrected chi connectivity index (χ1v) is 8.80. The highest BCUT2D eigenvalue weighted by Crippen LogP contribution is 2.18. The molecule has 0 bridgehead atoms. The Labute approximate surface area is 132 Å². The van der Waals surface area contributed by atoms with Gasteiger partial charge >= 0.3 is 0 Å². The molecule has 0 aliphatic heterocycles. The number of nitrogens with zero attached hydrogens (tertiary/aromatic N) is 4. The van der Waals surface area contributed by atoms with Crippen molar-refractivity contribution < 1.29 is 13.2 Å². The molecule has 0 radical (unpaired) electrons. The standard InChI is InChI=1S/C14H15N5O3S/c1-3-18-9-10(8-15-18)16-13(20)12-11-6-4-5-7-19(11)14(17-12)23(2,21)22/h4-9H,3H2,1-2H3,(H,16,20). The van der Waals surface area contributed by atoms with Gasteiger partial charge in [-0.3, -0.25) is 13.9 Å². The summed E-state index contributed by atoms with van der Waals surface area (Å²) in [4.78, 5) is 16.5. The number of hydrogen-bond acceptors (Lipinski definition) is 5. The molecule has 3 heterocycles. The summed E-state index contributed by atoms with van der Waals surface area (Å²) >= 11 is 0. The van der Waals surface area contributed by atoms with Crippen LogP contribution in [-0.4, -0.2) is 39.7 Å². The minimum absolute atomic E-state index is 0.0512. The van der Waals surface area contributed by atoms with Crippen LogP contribution in [0.25, 0.3) is 5.52 Å². The number of anilines is 1. The fourth-order valence-corrected chi connectivity index (χ4v) is 3.00. The van der Waals surface area contributed by atoms with Crippen LogP contribution in [0.3, 0.4) is 0 Å². The number of carbonyl (C=O) groups is 1. The van der Waals surface area contributed by atoms with Crippen molar-refractivity contribution in [3.63, 3.8) is 0 Å². The van der Waals surface area contributed by atoms with E-state index >= 15 is 0 Å². The van der Waals surface area contributed by atoms with Gasteiger partial charge in [-0.1, -0.05) is 6.07 Å². The van der Waals surface area contributed by atoms with Gasteiger partial charge in [0, 0.05) is 25.2 Å². The van der Waals surface area contributed by atoms with E-state index in [2.05, 4.69) is 15.4 Å². The number of carbonyl (C=O) groups excluding carboxylic acids is 1. The fourth-order valence-electron chi connectivity index (χ4n) is 2.23. The zero-order valence-corrected chi connectivity index (χ0v) is 13.4. The second-order valence-electron chi connectivity index (χ2n) is 5.01. The molecule has 3 rings (SSSR count). The molecule has 120 valence electrons. The first-order chi connectivity index (χ1) is 10.9. The molecule has 0 aliphatic rings. The molecule has 0 aliphatic carbocycles. The van der Waals surface area contributed by atoms with Crippen LogP contribution < -0.4 is 5.32 Å². The van der Waals surface area contributed by atoms with E-state index in [1.165, 1.54) is 10.6 Å². The van der Waals surface area contributed by atoms with Gasteiger partial charge in [0.15, 0.2) is 5.69 Å². The Hall–Kier alpha value is -2.68. The summed E-state index contributed by atoms with van der Waals surface area (Å²) < 4.78 is 26.8. The highest BCUT2D eigenvalue weighted by Gasteiger charge is 2.22. The molecule has 1 amide bonds. The molecule has 0 aromatic carbocycles. The van der Waals surface area contributed by atoms with Gasteiger partial charge in [-0.05, 0) is 19.1 Å². The third-order valence-corrected chi connectivity index (χ3v) is 4.23. The molecule has 0 unspecified atom stereocenters. The molecule has 0 saturated carbocycles. The van der Waals surface area contributed by atoms with Gasteiger partial charge in [0.1, 0.15) is 0 Å². The molecule has 3 aromatic rings. The van der Waals surface area contributed by atoms with Crippen LogP contribution in [0.15, 0.2) is 41.9 Å². The predicted molar refractivity (Wildman–Crippen MR) is 84.2 cm³/mol. The fraction of sp³-hybridized carbons (Fsp3) is 0.214. The number of hydrogen-bond donors (Lipinski definition) is 1. The van der Waals surface area contributed by atoms with Crippen molar-refractivity contribution in [3.05, 3.63) is 42.5 Å². The van der Waals surface area contributed by atoms with Crippen molar-refractivity contribution in [1.82, 2.24) is 19.2 Å². The topological polar surface area (TPSA) is 98.4 Å². The van der Waals surface area contributed by atoms with E-state index in [0.717, 1.165) is 6.26 Å². The molecule has 3 aromatic heterocycles. The van der Waals surface area contributed by atoms with Crippen LogP contribution >= 0.6 is 0 Å². The molecule has 0 spiro atoms. The van der Waals surface area contributed by atoms with Crippen LogP contribution in [0.5, 0.6) is 0 Å². The van der Waals surface area contributed by atoms with Gasteiger partial charge in [-0.2, -0.15) is 5.10 Å². The van der Waals surface area contributed by atoms with Crippen molar-refractivity contribution in [2.24, 2.45) is 0 Å². The maximum Gasteiger partial charge on any atom is 0.276 e. The number of pyridine rings is 1. The molecule has 1 N–H and O–H groups in total. The Bertz CT molecular complexity index is 987. The van der Waals surface area contributed by atoms with Gasteiger partial charge in [-0.15, -0.1) is 0 Å². The largest absolute Gasteiger partial charge is 0.318 e. The van der Waals surface area contributed by atoms with Crippen molar-refractivity contribution in [1.29, 1.82) is 0 Å². The number of aromatic nitrogens is 4. The second kappa shape index (κ2) is 5.51. The van der Waals surface area contributed by atoms with E-state index in [-0.39, 0.29) is 10.9 Å². The maximum absolute atomic E-state index is 12.4. The molecule has 23 heavy (non-hydrogen) atoms. The lowest BCUT2D eigenvalue weighted by molar-refractivity contribution is 0.102. The Morgan fingerprint density at radius 1 is 1.35 bits per heavy atom. The highest BCUT2D eigenvalue weighted by atomic mass is 32.2. The number of fused-ring (bicyclic) bond motifs is 1. The third kappa shape index (κ3) is 2.82. The van der Waals surface area contributed by atoms with Crippen LogP contribution in [-0.2, 0) is 16.4 Å². The summed E-state index contributed by atoms with van der Waals surface area (Å²) in [5.41, 5.74) is 0.999. The third-order valence-electron chi connectivity index (χ3n) is 3.28. The Kier molecular flexibility index (Phi) is 3.64. The number of amides is 1. The normalized spacial score (nSPS) is 11.7. The summed E-state index contributed by atoms with van der Waals surface area (Å²) in [7, 11) is -3.56. The predicted octanol–water partition coefficient (Wildman–Crippen LogP) is 1.21. The maximum atomic E-state index is 12.4. The Morgan fingerprint density at radius 2 is 2.13 bits per heavy atom. The van der Waals surface area contributed by atoms with E-state index in [1.54, 1.807) is 35.3 Å². The monoisotopic (exact) mass is 333 g/mol. The lowest BCUT2D eigenvalue weighted by atomic mass is 10.3. The SMILES string of the molecule is CCn1cc(NC(=O)c2nc(S(C)(=O)=O)n3ccccc23)cn1. The molecule has 0 fully saturated rings. The molecular weight excluding hydrogens is 318 g/mol. The molecule has 8 nitrogen and oxygen atoms in total. The zero-order chi connectivity index (χ0) is 16.6. The van der Waals surface area contributed by atoms with Gasteiger partial charge in [0.25, 0.3) is 5.91 Å². The van der Waals surface area contributed by atoms with Crippen molar-refractivity contribution in [2.45, 2.75) is 18.6 Å². The quantitative estimate of drug-likeness (QED) is 0.774. The first kappa shape index (κ1) is 15.2. The number of rotatable bonds is 4. The van der Waals surface area contributed by atoms with Gasteiger partial charge in [0.05, 0.1) is 17.4 Å². The first-order valence-electron chi connectivity index (χ1n) is 6.91. The van der Waals surface area contributed by atoms with Gasteiger partial charge in [0.2, 0.25) is 15.0 Å². The number of aryl methyl sites for hydroxylation is 1. The molecule has 9 heteroatoms. The summed E-state index contributed by atoms with van der Waals surface area (Å²) in [5, 5.41) is 6.58. The van der Waals surface area contributed by atoms with Crippen LogP contribution in [0.4, 0.5) is 5.69 Å². The summed E-state index contributed by atoms with van der Waals surface area (Å²) in [6, 6.07) is 5.04. The highest BCUT2D eigenvalue weighted by molar-refractivity contribution is 7.90. The number of sulfone groups is 1. The lowest BCUT2D eigenvalue weighted by Crippen LogP contribution is -2.12. The van der Waals surface area contributed by atoms with E-state index in [1.807, 2.05) is 6.92 Å². The van der Waals surface area contributed by atoms with Crippen LogP contribution in [0.1, 0.15) is 17.4 Å². The van der Waals surface area contributed by atoms with Gasteiger partial charge < -0.3 is 5.32 Å². The smallest absolute Gasteiger partial charge is 0.276 e. The minimum Gasteiger partial charge on any atom is -0.318 e. The average Bonchev–Trinajstić information content (AvgIpc) is 3.10. The second-order valence-corrected chi connectivity index (χ2v) is 6.92. The van der Waals surface area contributed by atoms with Gasteiger partial charge in [-0.25, -0.2) is 13.4 Å². The molecule has 0 atom stereocenters. The summed E-state index contributed by atoms with van der Waals surface area (Å²) in [6.45, 7) is 2.61.